The molecule has 1 fully saturated rings. The maximum absolute atomic E-state index is 13.0. The summed E-state index contributed by atoms with van der Waals surface area (Å²) < 4.78 is 40.7. The molecule has 1 saturated heterocycles. The van der Waals surface area contributed by atoms with E-state index in [0.29, 0.717) is 21.8 Å². The first kappa shape index (κ1) is 17.8. The van der Waals surface area contributed by atoms with Gasteiger partial charge in [-0.2, -0.15) is 18.3 Å². The monoisotopic (exact) mass is 371 g/mol. The molecular weight excluding hydrogens is 355 g/mol. The average molecular weight is 372 g/mol. The Bertz CT molecular complexity index is 915. The van der Waals surface area contributed by atoms with Crippen LogP contribution in [0.5, 0.6) is 0 Å². The van der Waals surface area contributed by atoms with Gasteiger partial charge in [-0.05, 0) is 18.2 Å². The van der Waals surface area contributed by atoms with E-state index in [-0.39, 0.29) is 12.4 Å². The second kappa shape index (κ2) is 6.34. The van der Waals surface area contributed by atoms with Gasteiger partial charge in [0.15, 0.2) is 5.82 Å². The summed E-state index contributed by atoms with van der Waals surface area (Å²) in [5, 5.41) is 8.89. The average Bonchev–Trinajstić information content (AvgIpc) is 2.95. The first-order valence-corrected chi connectivity index (χ1v) is 7.73. The number of nitrogens with zero attached hydrogens (tertiary/aromatic N) is 4. The van der Waals surface area contributed by atoms with Crippen LogP contribution >= 0.6 is 12.4 Å². The van der Waals surface area contributed by atoms with Gasteiger partial charge in [-0.3, -0.25) is 4.68 Å². The molecule has 0 unspecified atom stereocenters. The highest BCUT2D eigenvalue weighted by Crippen LogP contribution is 2.35. The van der Waals surface area contributed by atoms with Crippen molar-refractivity contribution in [3.05, 3.63) is 30.0 Å². The molecule has 0 bridgehead atoms. The molecule has 0 aliphatic carbocycles. The van der Waals surface area contributed by atoms with Crippen molar-refractivity contribution < 1.29 is 13.2 Å². The van der Waals surface area contributed by atoms with Crippen LogP contribution in [0.25, 0.3) is 21.8 Å². The minimum absolute atomic E-state index is 0. The zero-order chi connectivity index (χ0) is 16.9. The predicted molar refractivity (Wildman–Crippen MR) is 93.3 cm³/mol. The summed E-state index contributed by atoms with van der Waals surface area (Å²) in [4.78, 5) is 6.75. The van der Waals surface area contributed by atoms with E-state index in [2.05, 4.69) is 20.3 Å². The van der Waals surface area contributed by atoms with Gasteiger partial charge >= 0.3 is 6.18 Å². The Morgan fingerprint density at radius 1 is 1.12 bits per heavy atom. The quantitative estimate of drug-likeness (QED) is 0.714. The minimum atomic E-state index is -4.38. The first-order valence-electron chi connectivity index (χ1n) is 7.73. The van der Waals surface area contributed by atoms with Gasteiger partial charge in [0.05, 0.1) is 11.1 Å². The summed E-state index contributed by atoms with van der Waals surface area (Å²) in [5.74, 6) is 0.736. The van der Waals surface area contributed by atoms with Gasteiger partial charge in [-0.25, -0.2) is 4.98 Å². The molecule has 3 aromatic rings. The van der Waals surface area contributed by atoms with Crippen LogP contribution in [0, 0.1) is 0 Å². The van der Waals surface area contributed by atoms with Crippen LogP contribution < -0.4 is 10.2 Å². The van der Waals surface area contributed by atoms with Gasteiger partial charge < -0.3 is 10.2 Å². The predicted octanol–water partition coefficient (Wildman–Crippen LogP) is 2.97. The smallest absolute Gasteiger partial charge is 0.352 e. The van der Waals surface area contributed by atoms with Crippen molar-refractivity contribution in [1.29, 1.82) is 0 Å². The number of hydrogen-bond acceptors (Lipinski definition) is 4. The number of hydrogen-bond donors (Lipinski definition) is 1. The highest BCUT2D eigenvalue weighted by atomic mass is 35.5. The number of benzene rings is 1. The maximum Gasteiger partial charge on any atom is 0.416 e. The van der Waals surface area contributed by atoms with Crippen LogP contribution in [0.4, 0.5) is 19.0 Å². The Balaban J connectivity index is 0.00000182. The highest BCUT2D eigenvalue weighted by Gasteiger charge is 2.31. The van der Waals surface area contributed by atoms with E-state index >= 15 is 0 Å². The number of aromatic nitrogens is 3. The molecule has 1 aliphatic heterocycles. The first-order chi connectivity index (χ1) is 11.4. The van der Waals surface area contributed by atoms with Crippen LogP contribution in [-0.4, -0.2) is 40.9 Å². The topological polar surface area (TPSA) is 46.0 Å². The molecule has 1 N–H and O–H groups in total. The number of halogens is 4. The SMILES string of the molecule is Cl.Cn1cc2c(n1)c(N1CCNCC1)nc1ccc(C(F)(F)F)cc12. The van der Waals surface area contributed by atoms with Crippen LogP contribution in [0.2, 0.25) is 0 Å². The molecule has 2 aromatic heterocycles. The maximum atomic E-state index is 13.0. The number of fused-ring (bicyclic) bond motifs is 3. The molecule has 0 spiro atoms. The van der Waals surface area contributed by atoms with Gasteiger partial charge in [0.25, 0.3) is 0 Å². The number of rotatable bonds is 1. The zero-order valence-electron chi connectivity index (χ0n) is 13.5. The van der Waals surface area contributed by atoms with E-state index < -0.39 is 11.7 Å². The lowest BCUT2D eigenvalue weighted by Gasteiger charge is -2.28. The van der Waals surface area contributed by atoms with Crippen LogP contribution in [-0.2, 0) is 13.2 Å². The van der Waals surface area contributed by atoms with E-state index in [1.165, 1.54) is 6.07 Å². The minimum Gasteiger partial charge on any atom is -0.352 e. The van der Waals surface area contributed by atoms with E-state index in [0.717, 1.165) is 44.1 Å². The summed E-state index contributed by atoms with van der Waals surface area (Å²) >= 11 is 0. The van der Waals surface area contributed by atoms with E-state index in [4.69, 9.17) is 0 Å². The van der Waals surface area contributed by atoms with Crippen molar-refractivity contribution in [2.75, 3.05) is 31.1 Å². The summed E-state index contributed by atoms with van der Waals surface area (Å²) in [5.41, 5.74) is 0.528. The zero-order valence-corrected chi connectivity index (χ0v) is 14.3. The van der Waals surface area contributed by atoms with Crippen LogP contribution in [0.15, 0.2) is 24.4 Å². The Morgan fingerprint density at radius 2 is 1.84 bits per heavy atom. The molecule has 0 radical (unpaired) electrons. The van der Waals surface area contributed by atoms with Crippen molar-refractivity contribution in [2.24, 2.45) is 7.05 Å². The Labute approximate surface area is 148 Å². The fourth-order valence-electron chi connectivity index (χ4n) is 3.14. The van der Waals surface area contributed by atoms with Gasteiger partial charge in [-0.15, -0.1) is 12.4 Å². The molecular formula is C16H17ClF3N5. The molecule has 9 heteroatoms. The van der Waals surface area contributed by atoms with Crippen molar-refractivity contribution in [3.8, 4) is 0 Å². The summed E-state index contributed by atoms with van der Waals surface area (Å²) in [6, 6.07) is 3.68. The fraction of sp³-hybridized carbons (Fsp3) is 0.375. The van der Waals surface area contributed by atoms with Crippen molar-refractivity contribution in [1.82, 2.24) is 20.1 Å². The number of anilines is 1. The number of pyridine rings is 1. The van der Waals surface area contributed by atoms with Gasteiger partial charge in [0.1, 0.15) is 5.52 Å². The number of alkyl halides is 3. The Kier molecular flexibility index (Phi) is 4.51. The molecule has 25 heavy (non-hydrogen) atoms. The highest BCUT2D eigenvalue weighted by molar-refractivity contribution is 6.08. The summed E-state index contributed by atoms with van der Waals surface area (Å²) in [6.45, 7) is 3.29. The van der Waals surface area contributed by atoms with E-state index in [1.807, 2.05) is 0 Å². The van der Waals surface area contributed by atoms with E-state index in [1.54, 1.807) is 17.9 Å². The van der Waals surface area contributed by atoms with Crippen molar-refractivity contribution in [2.45, 2.75) is 6.18 Å². The Hall–Kier alpha value is -2.06. The number of aryl methyl sites for hydroxylation is 1. The third-order valence-electron chi connectivity index (χ3n) is 4.30. The number of piperazine rings is 1. The van der Waals surface area contributed by atoms with Crippen LogP contribution in [0.3, 0.4) is 0 Å². The fourth-order valence-corrected chi connectivity index (χ4v) is 3.14. The lowest BCUT2D eigenvalue weighted by atomic mass is 10.1. The molecule has 4 rings (SSSR count). The molecule has 5 nitrogen and oxygen atoms in total. The molecule has 3 heterocycles. The summed E-state index contributed by atoms with van der Waals surface area (Å²) in [6.07, 6.45) is -2.62. The number of nitrogens with one attached hydrogen (secondary N) is 1. The molecule has 1 aromatic carbocycles. The normalized spacial score (nSPS) is 15.6. The summed E-state index contributed by atoms with van der Waals surface area (Å²) in [7, 11) is 1.76. The lowest BCUT2D eigenvalue weighted by molar-refractivity contribution is -0.137. The van der Waals surface area contributed by atoms with Crippen LogP contribution in [0.1, 0.15) is 5.56 Å². The second-order valence-electron chi connectivity index (χ2n) is 5.97. The molecule has 134 valence electrons. The van der Waals surface area contributed by atoms with E-state index in [9.17, 15) is 13.2 Å². The van der Waals surface area contributed by atoms with Crippen molar-refractivity contribution in [3.63, 3.8) is 0 Å². The van der Waals surface area contributed by atoms with Crippen molar-refractivity contribution >= 4 is 40.0 Å². The molecule has 0 amide bonds. The third kappa shape index (κ3) is 3.11. The largest absolute Gasteiger partial charge is 0.416 e. The third-order valence-corrected chi connectivity index (χ3v) is 4.30. The Morgan fingerprint density at radius 3 is 2.52 bits per heavy atom. The standard InChI is InChI=1S/C16H16F3N5.ClH/c1-23-9-12-11-8-10(16(17,18)19)2-3-13(11)21-15(14(12)22-23)24-6-4-20-5-7-24;/h2-3,8-9,20H,4-7H2,1H3;1H. The molecule has 0 atom stereocenters. The lowest BCUT2D eigenvalue weighted by Crippen LogP contribution is -2.44. The van der Waals surface area contributed by atoms with Gasteiger partial charge in [0, 0.05) is 50.2 Å². The second-order valence-corrected chi connectivity index (χ2v) is 5.97. The van der Waals surface area contributed by atoms with Gasteiger partial charge in [0.2, 0.25) is 0 Å². The molecule has 1 aliphatic rings. The molecule has 0 saturated carbocycles. The van der Waals surface area contributed by atoms with Gasteiger partial charge in [-0.1, -0.05) is 0 Å².